The van der Waals surface area contributed by atoms with Crippen molar-refractivity contribution in [3.05, 3.63) is 18.2 Å². The molecule has 0 aliphatic heterocycles. The second-order valence-electron chi connectivity index (χ2n) is 5.44. The summed E-state index contributed by atoms with van der Waals surface area (Å²) in [5.74, 6) is -0.124. The fourth-order valence-corrected chi connectivity index (χ4v) is 1.63. The Morgan fingerprint density at radius 2 is 2.10 bits per heavy atom. The number of imidazole rings is 1. The van der Waals surface area contributed by atoms with E-state index in [4.69, 9.17) is 4.74 Å². The normalized spacial score (nSPS) is 12.7. The van der Waals surface area contributed by atoms with Gasteiger partial charge in [-0.3, -0.25) is 4.79 Å². The van der Waals surface area contributed by atoms with Gasteiger partial charge in [-0.2, -0.15) is 0 Å². The first-order chi connectivity index (χ1) is 9.24. The van der Waals surface area contributed by atoms with Crippen molar-refractivity contribution in [2.45, 2.75) is 45.9 Å². The van der Waals surface area contributed by atoms with E-state index in [0.717, 1.165) is 5.69 Å². The molecule has 0 aliphatic rings. The number of likely N-dealkylation sites (N-methyl/N-ethyl adjacent to an activating group) is 1. The van der Waals surface area contributed by atoms with Crippen molar-refractivity contribution < 1.29 is 14.3 Å². The lowest BCUT2D eigenvalue weighted by molar-refractivity contribution is -0.123. The summed E-state index contributed by atoms with van der Waals surface area (Å²) in [5.41, 5.74) is 0.187. The Balaban J connectivity index is 2.64. The van der Waals surface area contributed by atoms with Crippen LogP contribution < -0.4 is 10.6 Å². The smallest absolute Gasteiger partial charge is 0.407 e. The molecule has 0 radical (unpaired) electrons. The van der Waals surface area contributed by atoms with Crippen LogP contribution >= 0.6 is 0 Å². The molecule has 0 aliphatic carbocycles. The van der Waals surface area contributed by atoms with Gasteiger partial charge in [-0.25, -0.2) is 9.78 Å². The molecule has 1 heterocycles. The molecule has 1 aromatic heterocycles. The summed E-state index contributed by atoms with van der Waals surface area (Å²) in [7, 11) is 1.58. The lowest BCUT2D eigenvalue weighted by Crippen LogP contribution is -2.33. The summed E-state index contributed by atoms with van der Waals surface area (Å²) >= 11 is 0. The monoisotopic (exact) mass is 282 g/mol. The predicted octanol–water partition coefficient (Wildman–Crippen LogP) is 1.21. The second-order valence-corrected chi connectivity index (χ2v) is 5.44. The third-order valence-electron chi connectivity index (χ3n) is 2.60. The Morgan fingerprint density at radius 1 is 1.45 bits per heavy atom. The molecule has 7 heteroatoms. The van der Waals surface area contributed by atoms with Gasteiger partial charge in [-0.15, -0.1) is 0 Å². The number of hydrogen-bond acceptors (Lipinski definition) is 4. The summed E-state index contributed by atoms with van der Waals surface area (Å²) in [6.07, 6.45) is 2.67. The van der Waals surface area contributed by atoms with Crippen molar-refractivity contribution in [1.82, 2.24) is 20.2 Å². The number of hydrogen-bond donors (Lipinski definition) is 2. The van der Waals surface area contributed by atoms with Crippen LogP contribution in [0.15, 0.2) is 12.5 Å². The molecule has 112 valence electrons. The molecule has 1 atom stereocenters. The Bertz CT molecular complexity index is 476. The zero-order chi connectivity index (χ0) is 15.3. The number of aromatic nitrogens is 2. The molecule has 2 amide bonds. The Labute approximate surface area is 118 Å². The first-order valence-electron chi connectivity index (χ1n) is 6.43. The number of nitrogens with zero attached hydrogens (tertiary/aromatic N) is 2. The third-order valence-corrected chi connectivity index (χ3v) is 2.60. The van der Waals surface area contributed by atoms with E-state index in [2.05, 4.69) is 15.6 Å². The van der Waals surface area contributed by atoms with Gasteiger partial charge in [-0.1, -0.05) is 0 Å². The molecule has 0 saturated heterocycles. The minimum Gasteiger partial charge on any atom is -0.444 e. The van der Waals surface area contributed by atoms with Crippen molar-refractivity contribution in [1.29, 1.82) is 0 Å². The van der Waals surface area contributed by atoms with Gasteiger partial charge in [0.15, 0.2) is 0 Å². The van der Waals surface area contributed by atoms with Crippen LogP contribution in [0.25, 0.3) is 0 Å². The van der Waals surface area contributed by atoms with Crippen molar-refractivity contribution >= 4 is 12.0 Å². The minimum atomic E-state index is -0.542. The first-order valence-corrected chi connectivity index (χ1v) is 6.43. The van der Waals surface area contributed by atoms with E-state index in [0.29, 0.717) is 0 Å². The maximum atomic E-state index is 11.6. The maximum absolute atomic E-state index is 11.6. The highest BCUT2D eigenvalue weighted by Gasteiger charge is 2.18. The van der Waals surface area contributed by atoms with Gasteiger partial charge in [0, 0.05) is 13.2 Å². The van der Waals surface area contributed by atoms with E-state index in [1.807, 2.05) is 0 Å². The number of rotatable bonds is 4. The van der Waals surface area contributed by atoms with Crippen LogP contribution in [0.1, 0.15) is 39.4 Å². The van der Waals surface area contributed by atoms with Crippen molar-refractivity contribution in [2.75, 3.05) is 7.05 Å². The Kier molecular flexibility index (Phi) is 5.12. The van der Waals surface area contributed by atoms with Gasteiger partial charge < -0.3 is 19.9 Å². The van der Waals surface area contributed by atoms with Gasteiger partial charge in [0.25, 0.3) is 0 Å². The zero-order valence-corrected chi connectivity index (χ0v) is 12.6. The molecule has 0 saturated carbocycles. The molecular weight excluding hydrogens is 260 g/mol. The molecule has 1 unspecified atom stereocenters. The summed E-state index contributed by atoms with van der Waals surface area (Å²) in [5, 5.41) is 5.22. The molecule has 0 bridgehead atoms. The lowest BCUT2D eigenvalue weighted by atomic mass is 10.2. The highest BCUT2D eigenvalue weighted by molar-refractivity contribution is 5.79. The molecule has 7 nitrogen and oxygen atoms in total. The van der Waals surface area contributed by atoms with E-state index in [1.165, 1.54) is 0 Å². The number of nitrogens with one attached hydrogen (secondary N) is 2. The van der Waals surface area contributed by atoms with E-state index in [-0.39, 0.29) is 12.5 Å². The molecule has 20 heavy (non-hydrogen) atoms. The van der Waals surface area contributed by atoms with Gasteiger partial charge in [0.1, 0.15) is 11.6 Å². The van der Waals surface area contributed by atoms with Crippen LogP contribution in [0.5, 0.6) is 0 Å². The van der Waals surface area contributed by atoms with Crippen LogP contribution in [0, 0.1) is 0 Å². The van der Waals surface area contributed by atoms with E-state index >= 15 is 0 Å². The molecule has 0 fully saturated rings. The van der Waals surface area contributed by atoms with Gasteiger partial charge in [0.2, 0.25) is 5.91 Å². The number of carbonyl (C=O) groups excluding carboxylic acids is 2. The van der Waals surface area contributed by atoms with Crippen molar-refractivity contribution in [2.24, 2.45) is 0 Å². The second kappa shape index (κ2) is 6.40. The molecule has 1 aromatic rings. The average Bonchev–Trinajstić information content (AvgIpc) is 2.80. The summed E-state index contributed by atoms with van der Waals surface area (Å²) in [6.45, 7) is 7.40. The summed E-state index contributed by atoms with van der Waals surface area (Å²) < 4.78 is 6.85. The van der Waals surface area contributed by atoms with E-state index in [1.54, 1.807) is 51.8 Å². The maximum Gasteiger partial charge on any atom is 0.407 e. The summed E-state index contributed by atoms with van der Waals surface area (Å²) in [4.78, 5) is 27.2. The third kappa shape index (κ3) is 4.56. The highest BCUT2D eigenvalue weighted by atomic mass is 16.6. The zero-order valence-electron chi connectivity index (χ0n) is 12.6. The number of alkyl carbamates (subject to hydrolysis) is 1. The fraction of sp³-hybridized carbons (Fsp3) is 0.615. The molecule has 2 N–H and O–H groups in total. The Hall–Kier alpha value is -2.05. The SMILES string of the molecule is CNC(=O)C(C)n1cncc1CNC(=O)OC(C)(C)C. The van der Waals surface area contributed by atoms with Crippen LogP contribution in [0.2, 0.25) is 0 Å². The molecular formula is C13H22N4O3. The van der Waals surface area contributed by atoms with E-state index < -0.39 is 17.7 Å². The predicted molar refractivity (Wildman–Crippen MR) is 74.1 cm³/mol. The number of amides is 2. The Morgan fingerprint density at radius 3 is 2.65 bits per heavy atom. The van der Waals surface area contributed by atoms with Gasteiger partial charge in [0.05, 0.1) is 18.6 Å². The van der Waals surface area contributed by atoms with Gasteiger partial charge in [-0.05, 0) is 27.7 Å². The number of ether oxygens (including phenoxy) is 1. The molecule has 0 aromatic carbocycles. The minimum absolute atomic E-state index is 0.124. The molecule has 0 spiro atoms. The van der Waals surface area contributed by atoms with Crippen LogP contribution in [-0.4, -0.2) is 34.2 Å². The topological polar surface area (TPSA) is 85.3 Å². The van der Waals surface area contributed by atoms with Crippen molar-refractivity contribution in [3.8, 4) is 0 Å². The molecule has 1 rings (SSSR count). The standard InChI is InChI=1S/C13H22N4O3/c1-9(11(18)14-5)17-8-15-6-10(17)7-16-12(19)20-13(2,3)4/h6,8-9H,7H2,1-5H3,(H,14,18)(H,16,19). The van der Waals surface area contributed by atoms with E-state index in [9.17, 15) is 9.59 Å². The van der Waals surface area contributed by atoms with Gasteiger partial charge >= 0.3 is 6.09 Å². The van der Waals surface area contributed by atoms with Crippen LogP contribution in [-0.2, 0) is 16.1 Å². The van der Waals surface area contributed by atoms with Crippen molar-refractivity contribution in [3.63, 3.8) is 0 Å². The largest absolute Gasteiger partial charge is 0.444 e. The van der Waals surface area contributed by atoms with Crippen LogP contribution in [0.4, 0.5) is 4.79 Å². The average molecular weight is 282 g/mol. The fourth-order valence-electron chi connectivity index (χ4n) is 1.63. The first kappa shape index (κ1) is 16.0. The number of carbonyl (C=O) groups is 2. The quantitative estimate of drug-likeness (QED) is 0.869. The lowest BCUT2D eigenvalue weighted by Gasteiger charge is -2.20. The van der Waals surface area contributed by atoms with Crippen LogP contribution in [0.3, 0.4) is 0 Å². The summed E-state index contributed by atoms with van der Waals surface area (Å²) in [6, 6.07) is -0.391. The highest BCUT2D eigenvalue weighted by Crippen LogP contribution is 2.11.